The predicted octanol–water partition coefficient (Wildman–Crippen LogP) is 5.09. The molecule has 1 aromatic heterocycles. The summed E-state index contributed by atoms with van der Waals surface area (Å²) >= 11 is 9.41. The van der Waals surface area contributed by atoms with Gasteiger partial charge in [0.05, 0.1) is 22.3 Å². The van der Waals surface area contributed by atoms with Crippen LogP contribution in [-0.4, -0.2) is 22.0 Å². The summed E-state index contributed by atoms with van der Waals surface area (Å²) in [6.07, 6.45) is 2.53. The molecule has 1 heterocycles. The molecule has 0 saturated heterocycles. The summed E-state index contributed by atoms with van der Waals surface area (Å²) in [5.41, 5.74) is 3.33. The van der Waals surface area contributed by atoms with Gasteiger partial charge in [-0.1, -0.05) is 27.5 Å². The van der Waals surface area contributed by atoms with Crippen LogP contribution in [0.5, 0.6) is 0 Å². The minimum Gasteiger partial charge on any atom is -0.478 e. The summed E-state index contributed by atoms with van der Waals surface area (Å²) in [5.74, 6) is -1.47. The molecule has 0 aliphatic heterocycles. The number of fused-ring (bicyclic) bond motifs is 2. The van der Waals surface area contributed by atoms with Crippen molar-refractivity contribution < 1.29 is 14.7 Å². The SMILES string of the molecule is O=C(O)c1cc(Br)ccc1NC(=O)c1c2c(nc3ccc(Cl)cc13)CCC2. The van der Waals surface area contributed by atoms with E-state index < -0.39 is 5.97 Å². The third kappa shape index (κ3) is 3.31. The van der Waals surface area contributed by atoms with E-state index in [0.717, 1.165) is 30.5 Å². The molecule has 7 heteroatoms. The van der Waals surface area contributed by atoms with Gasteiger partial charge >= 0.3 is 5.97 Å². The van der Waals surface area contributed by atoms with Crippen molar-refractivity contribution in [2.45, 2.75) is 19.3 Å². The van der Waals surface area contributed by atoms with Crippen LogP contribution in [0, 0.1) is 0 Å². The van der Waals surface area contributed by atoms with E-state index in [1.54, 1.807) is 30.3 Å². The molecule has 4 rings (SSSR count). The van der Waals surface area contributed by atoms with Crippen molar-refractivity contribution in [3.05, 3.63) is 68.3 Å². The minimum absolute atomic E-state index is 0.0192. The van der Waals surface area contributed by atoms with E-state index in [2.05, 4.69) is 26.2 Å². The third-order valence-electron chi connectivity index (χ3n) is 4.66. The molecule has 0 atom stereocenters. The molecule has 136 valence electrons. The van der Waals surface area contributed by atoms with Gasteiger partial charge in [-0.2, -0.15) is 0 Å². The van der Waals surface area contributed by atoms with Crippen LogP contribution in [0.25, 0.3) is 10.9 Å². The highest BCUT2D eigenvalue weighted by molar-refractivity contribution is 9.10. The molecule has 3 aromatic rings. The van der Waals surface area contributed by atoms with Gasteiger partial charge in [0.25, 0.3) is 5.91 Å². The Bertz CT molecular complexity index is 1110. The fraction of sp³-hybridized carbons (Fsp3) is 0.150. The van der Waals surface area contributed by atoms with Crippen LogP contribution >= 0.6 is 27.5 Å². The maximum absolute atomic E-state index is 13.2. The van der Waals surface area contributed by atoms with Gasteiger partial charge in [0.15, 0.2) is 0 Å². The number of pyridine rings is 1. The lowest BCUT2D eigenvalue weighted by Crippen LogP contribution is -2.17. The lowest BCUT2D eigenvalue weighted by molar-refractivity contribution is 0.0698. The number of aromatic carboxylic acids is 1. The first-order valence-electron chi connectivity index (χ1n) is 8.39. The fourth-order valence-electron chi connectivity index (χ4n) is 3.48. The van der Waals surface area contributed by atoms with Gasteiger partial charge in [0, 0.05) is 20.6 Å². The number of nitrogens with zero attached hydrogens (tertiary/aromatic N) is 1. The second-order valence-electron chi connectivity index (χ2n) is 6.38. The van der Waals surface area contributed by atoms with Crippen LogP contribution in [0.15, 0.2) is 40.9 Å². The quantitative estimate of drug-likeness (QED) is 0.588. The monoisotopic (exact) mass is 444 g/mol. The van der Waals surface area contributed by atoms with E-state index in [9.17, 15) is 14.7 Å². The molecule has 0 radical (unpaired) electrons. The normalized spacial score (nSPS) is 12.8. The Balaban J connectivity index is 1.85. The Kier molecular flexibility index (Phi) is 4.61. The number of carbonyl (C=O) groups is 2. The Morgan fingerprint density at radius 1 is 1.15 bits per heavy atom. The van der Waals surface area contributed by atoms with Crippen molar-refractivity contribution in [3.63, 3.8) is 0 Å². The molecule has 27 heavy (non-hydrogen) atoms. The number of anilines is 1. The van der Waals surface area contributed by atoms with E-state index >= 15 is 0 Å². The van der Waals surface area contributed by atoms with Crippen LogP contribution in [-0.2, 0) is 12.8 Å². The Hall–Kier alpha value is -2.44. The molecule has 0 saturated carbocycles. The van der Waals surface area contributed by atoms with E-state index in [1.165, 1.54) is 6.07 Å². The van der Waals surface area contributed by atoms with Gasteiger partial charge in [0.2, 0.25) is 0 Å². The molecule has 2 aromatic carbocycles. The van der Waals surface area contributed by atoms with Crippen molar-refractivity contribution in [2.75, 3.05) is 5.32 Å². The van der Waals surface area contributed by atoms with Crippen molar-refractivity contribution in [3.8, 4) is 0 Å². The summed E-state index contributed by atoms with van der Waals surface area (Å²) in [4.78, 5) is 29.4. The number of aryl methyl sites for hydroxylation is 1. The van der Waals surface area contributed by atoms with Crippen LogP contribution in [0.3, 0.4) is 0 Å². The number of rotatable bonds is 3. The molecule has 1 amide bonds. The van der Waals surface area contributed by atoms with Gasteiger partial charge in [-0.3, -0.25) is 9.78 Å². The number of carboxylic acids is 1. The predicted molar refractivity (Wildman–Crippen MR) is 108 cm³/mol. The van der Waals surface area contributed by atoms with E-state index in [4.69, 9.17) is 11.6 Å². The largest absolute Gasteiger partial charge is 0.478 e. The van der Waals surface area contributed by atoms with E-state index in [1.807, 2.05) is 0 Å². The number of hydrogen-bond donors (Lipinski definition) is 2. The average Bonchev–Trinajstić information content (AvgIpc) is 3.08. The summed E-state index contributed by atoms with van der Waals surface area (Å²) < 4.78 is 0.625. The van der Waals surface area contributed by atoms with Gasteiger partial charge in [-0.25, -0.2) is 4.79 Å². The van der Waals surface area contributed by atoms with Gasteiger partial charge in [0.1, 0.15) is 0 Å². The third-order valence-corrected chi connectivity index (χ3v) is 5.39. The highest BCUT2D eigenvalue weighted by Gasteiger charge is 2.25. The molecular formula is C20H14BrClN2O3. The Morgan fingerprint density at radius 3 is 2.74 bits per heavy atom. The molecule has 1 aliphatic carbocycles. The number of hydrogen-bond acceptors (Lipinski definition) is 3. The highest BCUT2D eigenvalue weighted by atomic mass is 79.9. The summed E-state index contributed by atoms with van der Waals surface area (Å²) in [6, 6.07) is 10.0. The van der Waals surface area contributed by atoms with Crippen molar-refractivity contribution in [1.82, 2.24) is 4.98 Å². The first kappa shape index (κ1) is 17.9. The van der Waals surface area contributed by atoms with Crippen LogP contribution < -0.4 is 5.32 Å². The Morgan fingerprint density at radius 2 is 1.96 bits per heavy atom. The van der Waals surface area contributed by atoms with Crippen LogP contribution in [0.4, 0.5) is 5.69 Å². The van der Waals surface area contributed by atoms with Crippen LogP contribution in [0.1, 0.15) is 38.4 Å². The topological polar surface area (TPSA) is 79.3 Å². The summed E-state index contributed by atoms with van der Waals surface area (Å²) in [7, 11) is 0. The van der Waals surface area contributed by atoms with Crippen molar-refractivity contribution in [1.29, 1.82) is 0 Å². The zero-order valence-electron chi connectivity index (χ0n) is 14.1. The standard InChI is InChI=1S/C20H14BrClN2O3/c21-10-4-6-17(14(8-10)20(26)27)24-19(25)18-12-2-1-3-15(12)23-16-7-5-11(22)9-13(16)18/h4-9H,1-3H2,(H,24,25)(H,26,27). The minimum atomic E-state index is -1.11. The number of carboxylic acid groups (broad SMARTS) is 1. The lowest BCUT2D eigenvalue weighted by atomic mass is 10.00. The first-order chi connectivity index (χ1) is 12.9. The summed E-state index contributed by atoms with van der Waals surface area (Å²) in [5, 5.41) is 13.4. The number of aromatic nitrogens is 1. The molecule has 0 unspecified atom stereocenters. The maximum Gasteiger partial charge on any atom is 0.337 e. The molecule has 5 nitrogen and oxygen atoms in total. The molecule has 0 bridgehead atoms. The van der Waals surface area contributed by atoms with Gasteiger partial charge < -0.3 is 10.4 Å². The Labute approximate surface area is 168 Å². The maximum atomic E-state index is 13.2. The molecule has 1 aliphatic rings. The molecule has 0 fully saturated rings. The van der Waals surface area contributed by atoms with E-state index in [-0.39, 0.29) is 17.2 Å². The average molecular weight is 446 g/mol. The lowest BCUT2D eigenvalue weighted by Gasteiger charge is -2.14. The molecule has 2 N–H and O–H groups in total. The van der Waals surface area contributed by atoms with Crippen molar-refractivity contribution >= 4 is 56.0 Å². The highest BCUT2D eigenvalue weighted by Crippen LogP contribution is 2.32. The zero-order chi connectivity index (χ0) is 19.1. The second-order valence-corrected chi connectivity index (χ2v) is 7.73. The van der Waals surface area contributed by atoms with Crippen molar-refractivity contribution in [2.24, 2.45) is 0 Å². The number of halogens is 2. The molecule has 0 spiro atoms. The molecular weight excluding hydrogens is 432 g/mol. The smallest absolute Gasteiger partial charge is 0.337 e. The second kappa shape index (κ2) is 6.94. The number of amides is 1. The van der Waals surface area contributed by atoms with Gasteiger partial charge in [-0.05, 0) is 61.2 Å². The zero-order valence-corrected chi connectivity index (χ0v) is 16.4. The first-order valence-corrected chi connectivity index (χ1v) is 9.56. The van der Waals surface area contributed by atoms with E-state index in [0.29, 0.717) is 26.0 Å². The number of carbonyl (C=O) groups excluding carboxylic acids is 1. The fourth-order valence-corrected chi connectivity index (χ4v) is 4.01. The van der Waals surface area contributed by atoms with Gasteiger partial charge in [-0.15, -0.1) is 0 Å². The van der Waals surface area contributed by atoms with Crippen LogP contribution in [0.2, 0.25) is 5.02 Å². The number of benzene rings is 2. The number of nitrogens with one attached hydrogen (secondary N) is 1. The summed E-state index contributed by atoms with van der Waals surface area (Å²) in [6.45, 7) is 0.